The van der Waals surface area contributed by atoms with Gasteiger partial charge >= 0.3 is 29.5 Å². The van der Waals surface area contributed by atoms with Gasteiger partial charge in [0.15, 0.2) is 0 Å². The van der Waals surface area contributed by atoms with E-state index in [9.17, 15) is 9.59 Å². The molecule has 5 heteroatoms. The van der Waals surface area contributed by atoms with E-state index >= 15 is 0 Å². The fourth-order valence-electron chi connectivity index (χ4n) is 0.214. The molecule has 0 rings (SSSR count). The zero-order valence-corrected chi connectivity index (χ0v) is 4.13. The first-order valence-corrected chi connectivity index (χ1v) is 2.06. The third-order valence-electron chi connectivity index (χ3n) is 0.553. The van der Waals surface area contributed by atoms with Crippen molar-refractivity contribution in [3.8, 4) is 0 Å². The van der Waals surface area contributed by atoms with Crippen LogP contribution in [0, 0.1) is 0 Å². The summed E-state index contributed by atoms with van der Waals surface area (Å²) in [6.07, 6.45) is -0.593. The summed E-state index contributed by atoms with van der Waals surface area (Å²) in [4.78, 5) is 19.3. The predicted molar refractivity (Wildman–Crippen MR) is 35.8 cm³/mol. The second kappa shape index (κ2) is 5.62. The Balaban J connectivity index is 0. The van der Waals surface area contributed by atoms with Gasteiger partial charge in [-0.2, -0.15) is 0 Å². The van der Waals surface area contributed by atoms with Crippen molar-refractivity contribution in [2.45, 2.75) is 12.8 Å². The van der Waals surface area contributed by atoms with E-state index in [2.05, 4.69) is 0 Å². The van der Waals surface area contributed by atoms with Gasteiger partial charge in [-0.3, -0.25) is 9.59 Å². The molecule has 0 fully saturated rings. The maximum atomic E-state index is 9.64. The van der Waals surface area contributed by atoms with E-state index < -0.39 is 11.9 Å². The summed E-state index contributed by atoms with van der Waals surface area (Å²) in [5.41, 5.74) is 0. The number of carbonyl (C=O) groups is 2. The molecule has 0 saturated heterocycles. The zero-order valence-electron chi connectivity index (χ0n) is 4.13. The van der Waals surface area contributed by atoms with Crippen LogP contribution >= 0.6 is 0 Å². The first kappa shape index (κ1) is 11.3. The average Bonchev–Trinajstić information content (AvgIpc) is 1.61. The molecular weight excluding hydrogens is 185 g/mol. The van der Waals surface area contributed by atoms with Crippen LogP contribution in [-0.4, -0.2) is 39.7 Å². The summed E-state index contributed by atoms with van der Waals surface area (Å²) in [6.45, 7) is 0. The van der Waals surface area contributed by atoms with Crippen LogP contribution in [0.3, 0.4) is 0 Å². The van der Waals surface area contributed by atoms with E-state index in [0.29, 0.717) is 0 Å². The van der Waals surface area contributed by atoms with Crippen molar-refractivity contribution in [3.05, 3.63) is 0 Å². The van der Waals surface area contributed by atoms with Crippen LogP contribution in [0.1, 0.15) is 12.8 Å². The van der Waals surface area contributed by atoms with Gasteiger partial charge in [-0.1, -0.05) is 0 Å². The summed E-state index contributed by atoms with van der Waals surface area (Å²) in [6, 6.07) is 0. The van der Waals surface area contributed by atoms with Crippen LogP contribution in [-0.2, 0) is 9.59 Å². The fraction of sp³-hybridized carbons (Fsp3) is 0.500. The van der Waals surface area contributed by atoms with E-state index in [4.69, 9.17) is 10.2 Å². The Kier molecular flexibility index (Phi) is 7.05. The fourth-order valence-corrected chi connectivity index (χ4v) is 0.214. The molecular formula is C4H10GeO4. The molecule has 0 saturated carbocycles. The number of rotatable bonds is 3. The van der Waals surface area contributed by atoms with Crippen LogP contribution in [0.15, 0.2) is 0 Å². The van der Waals surface area contributed by atoms with Crippen LogP contribution in [0.4, 0.5) is 0 Å². The van der Waals surface area contributed by atoms with Crippen molar-refractivity contribution >= 4 is 29.5 Å². The quantitative estimate of drug-likeness (QED) is 0.536. The summed E-state index contributed by atoms with van der Waals surface area (Å²) in [5.74, 6) is -2.15. The van der Waals surface area contributed by atoms with E-state index in [1.165, 1.54) is 0 Å². The molecule has 0 aliphatic carbocycles. The Morgan fingerprint density at radius 3 is 1.33 bits per heavy atom. The Morgan fingerprint density at radius 2 is 1.22 bits per heavy atom. The second-order valence-corrected chi connectivity index (χ2v) is 1.29. The van der Waals surface area contributed by atoms with Gasteiger partial charge in [0.1, 0.15) is 0 Å². The summed E-state index contributed by atoms with van der Waals surface area (Å²) < 4.78 is 0. The van der Waals surface area contributed by atoms with Gasteiger partial charge in [0.05, 0.1) is 12.8 Å². The van der Waals surface area contributed by atoms with Crippen LogP contribution < -0.4 is 0 Å². The summed E-state index contributed by atoms with van der Waals surface area (Å²) in [5, 5.41) is 15.8. The molecule has 0 aromatic carbocycles. The number of hydrogen-bond donors (Lipinski definition) is 2. The van der Waals surface area contributed by atoms with Gasteiger partial charge in [-0.15, -0.1) is 0 Å². The normalized spacial score (nSPS) is 7.56. The molecule has 0 amide bonds. The molecule has 2 N–H and O–H groups in total. The minimum atomic E-state index is -1.08. The zero-order chi connectivity index (χ0) is 6.57. The molecule has 0 heterocycles. The molecule has 0 aromatic heterocycles. The van der Waals surface area contributed by atoms with Crippen molar-refractivity contribution in [1.29, 1.82) is 0 Å². The number of carboxylic acid groups (broad SMARTS) is 2. The van der Waals surface area contributed by atoms with E-state index in [1.807, 2.05) is 0 Å². The minimum absolute atomic E-state index is 0. The molecule has 54 valence electrons. The van der Waals surface area contributed by atoms with Crippen molar-refractivity contribution in [3.63, 3.8) is 0 Å². The number of aliphatic carboxylic acids is 2. The van der Waals surface area contributed by atoms with Gasteiger partial charge < -0.3 is 10.2 Å². The number of hydrogen-bond acceptors (Lipinski definition) is 2. The third-order valence-corrected chi connectivity index (χ3v) is 0.553. The van der Waals surface area contributed by atoms with Crippen LogP contribution in [0.5, 0.6) is 0 Å². The molecule has 0 bridgehead atoms. The molecule has 0 aliphatic rings. The molecule has 4 nitrogen and oxygen atoms in total. The summed E-state index contributed by atoms with van der Waals surface area (Å²) >= 11 is 0. The predicted octanol–water partition coefficient (Wildman–Crippen LogP) is -1.52. The molecule has 0 aliphatic heterocycles. The van der Waals surface area contributed by atoms with Gasteiger partial charge in [0.25, 0.3) is 0 Å². The molecule has 0 radical (unpaired) electrons. The van der Waals surface area contributed by atoms with Crippen molar-refractivity contribution in [1.82, 2.24) is 0 Å². The maximum absolute atomic E-state index is 9.64. The van der Waals surface area contributed by atoms with Gasteiger partial charge in [0, 0.05) is 0 Å². The topological polar surface area (TPSA) is 74.6 Å². The summed E-state index contributed by atoms with van der Waals surface area (Å²) in [7, 11) is 0. The Labute approximate surface area is 62.8 Å². The molecule has 0 spiro atoms. The monoisotopic (exact) mass is 196 g/mol. The van der Waals surface area contributed by atoms with Crippen molar-refractivity contribution < 1.29 is 19.8 Å². The first-order chi connectivity index (χ1) is 3.63. The molecule has 9 heavy (non-hydrogen) atoms. The molecule has 0 aromatic rings. The Hall–Kier alpha value is -0.517. The molecule has 0 atom stereocenters. The van der Waals surface area contributed by atoms with Crippen molar-refractivity contribution in [2.75, 3.05) is 0 Å². The van der Waals surface area contributed by atoms with Crippen molar-refractivity contribution in [2.24, 2.45) is 0 Å². The van der Waals surface area contributed by atoms with E-state index in [1.54, 1.807) is 0 Å². The van der Waals surface area contributed by atoms with E-state index in [0.717, 1.165) is 0 Å². The number of carboxylic acids is 2. The van der Waals surface area contributed by atoms with Crippen LogP contribution in [0.2, 0.25) is 0 Å². The van der Waals surface area contributed by atoms with Gasteiger partial charge in [-0.25, -0.2) is 0 Å². The Morgan fingerprint density at radius 1 is 1.00 bits per heavy atom. The van der Waals surface area contributed by atoms with Gasteiger partial charge in [-0.05, 0) is 0 Å². The van der Waals surface area contributed by atoms with Crippen LogP contribution in [0.25, 0.3) is 0 Å². The second-order valence-electron chi connectivity index (χ2n) is 1.29. The Bertz CT molecular complexity index is 97.1. The van der Waals surface area contributed by atoms with Gasteiger partial charge in [0.2, 0.25) is 0 Å². The first-order valence-electron chi connectivity index (χ1n) is 2.06. The van der Waals surface area contributed by atoms with E-state index in [-0.39, 0.29) is 30.4 Å². The molecule has 0 unspecified atom stereocenters. The average molecular weight is 195 g/mol. The SMILES string of the molecule is O=C(O)CCC(=O)O.[GeH4]. The third kappa shape index (κ3) is 11.2. The standard InChI is InChI=1S/C4H6O4.GeH4/c5-3(6)1-2-4(7)8;/h1-2H2,(H,5,6)(H,7,8);1H4.